The van der Waals surface area contributed by atoms with Crippen LogP contribution in [0.2, 0.25) is 5.02 Å². The minimum Gasteiger partial charge on any atom is -0.481 e. The third-order valence-electron chi connectivity index (χ3n) is 2.57. The summed E-state index contributed by atoms with van der Waals surface area (Å²) in [4.78, 5) is 10.0. The Morgan fingerprint density at radius 2 is 2.15 bits per heavy atom. The van der Waals surface area contributed by atoms with Gasteiger partial charge in [-0.05, 0) is 38.0 Å². The van der Waals surface area contributed by atoms with Crippen LogP contribution in [0, 0.1) is 5.82 Å². The molecular weight excluding hydrogens is 309 g/mol. The lowest BCUT2D eigenvalue weighted by atomic mass is 10.1. The standard InChI is InChI=1S/C12H15ClFNO4S/c1-8(3-2-4-12(16)17)15-20(18,19)11-7-9(14)5-6-10(11)13/h5-8,15H,2-4H2,1H3,(H,16,17). The molecular formula is C12H15ClFNO4S. The molecule has 0 radical (unpaired) electrons. The van der Waals surface area contributed by atoms with Gasteiger partial charge in [-0.1, -0.05) is 11.6 Å². The highest BCUT2D eigenvalue weighted by atomic mass is 35.5. The van der Waals surface area contributed by atoms with Gasteiger partial charge in [-0.15, -0.1) is 0 Å². The van der Waals surface area contributed by atoms with E-state index in [0.717, 1.165) is 12.1 Å². The molecule has 0 aliphatic heterocycles. The van der Waals surface area contributed by atoms with Gasteiger partial charge in [0, 0.05) is 12.5 Å². The van der Waals surface area contributed by atoms with Crippen molar-refractivity contribution in [3.05, 3.63) is 29.0 Å². The molecule has 1 rings (SSSR count). The van der Waals surface area contributed by atoms with E-state index in [9.17, 15) is 17.6 Å². The lowest BCUT2D eigenvalue weighted by Gasteiger charge is -2.14. The van der Waals surface area contributed by atoms with E-state index < -0.39 is 27.9 Å². The van der Waals surface area contributed by atoms with Crippen LogP contribution >= 0.6 is 11.6 Å². The number of carboxylic acid groups (broad SMARTS) is 1. The highest BCUT2D eigenvalue weighted by Crippen LogP contribution is 2.22. The molecule has 0 spiro atoms. The molecule has 1 atom stereocenters. The maximum atomic E-state index is 13.1. The predicted molar refractivity (Wildman–Crippen MR) is 72.7 cm³/mol. The average molecular weight is 324 g/mol. The smallest absolute Gasteiger partial charge is 0.303 e. The summed E-state index contributed by atoms with van der Waals surface area (Å²) in [5.74, 6) is -1.64. The van der Waals surface area contributed by atoms with Gasteiger partial charge in [-0.2, -0.15) is 0 Å². The van der Waals surface area contributed by atoms with E-state index in [-0.39, 0.29) is 16.3 Å². The van der Waals surface area contributed by atoms with Crippen molar-refractivity contribution in [2.75, 3.05) is 0 Å². The van der Waals surface area contributed by atoms with E-state index in [2.05, 4.69) is 4.72 Å². The van der Waals surface area contributed by atoms with Crippen molar-refractivity contribution in [1.29, 1.82) is 0 Å². The summed E-state index contributed by atoms with van der Waals surface area (Å²) in [6.07, 6.45) is 0.668. The maximum absolute atomic E-state index is 13.1. The third-order valence-corrected chi connectivity index (χ3v) is 4.64. The molecule has 0 saturated carbocycles. The number of carbonyl (C=O) groups is 1. The largest absolute Gasteiger partial charge is 0.481 e. The molecule has 20 heavy (non-hydrogen) atoms. The second-order valence-electron chi connectivity index (χ2n) is 4.38. The fraction of sp³-hybridized carbons (Fsp3) is 0.417. The normalized spacial score (nSPS) is 13.2. The summed E-state index contributed by atoms with van der Waals surface area (Å²) >= 11 is 5.75. The molecule has 1 aromatic rings. The average Bonchev–Trinajstić information content (AvgIpc) is 2.31. The van der Waals surface area contributed by atoms with Crippen LogP contribution in [0.5, 0.6) is 0 Å². The molecule has 8 heteroatoms. The number of hydrogen-bond donors (Lipinski definition) is 2. The van der Waals surface area contributed by atoms with Gasteiger partial charge < -0.3 is 5.11 Å². The molecule has 0 aromatic heterocycles. The Labute approximate surface area is 121 Å². The number of sulfonamides is 1. The molecule has 0 fully saturated rings. The minimum atomic E-state index is -3.93. The SMILES string of the molecule is CC(CCCC(=O)O)NS(=O)(=O)c1cc(F)ccc1Cl. The van der Waals surface area contributed by atoms with E-state index in [0.29, 0.717) is 12.8 Å². The Hall–Kier alpha value is -1.18. The first-order valence-electron chi connectivity index (χ1n) is 5.91. The second-order valence-corrected chi connectivity index (χ2v) is 6.47. The first-order valence-corrected chi connectivity index (χ1v) is 7.77. The Kier molecular flexibility index (Phi) is 5.91. The Balaban J connectivity index is 2.74. The van der Waals surface area contributed by atoms with Gasteiger partial charge in [0.1, 0.15) is 10.7 Å². The predicted octanol–water partition coefficient (Wildman–Crippen LogP) is 2.40. The first kappa shape index (κ1) is 16.9. The van der Waals surface area contributed by atoms with Gasteiger partial charge in [-0.3, -0.25) is 4.79 Å². The van der Waals surface area contributed by atoms with E-state index in [4.69, 9.17) is 16.7 Å². The van der Waals surface area contributed by atoms with Crippen LogP contribution in [-0.4, -0.2) is 25.5 Å². The molecule has 1 unspecified atom stereocenters. The van der Waals surface area contributed by atoms with Gasteiger partial charge >= 0.3 is 5.97 Å². The number of aliphatic carboxylic acids is 1. The third kappa shape index (κ3) is 5.07. The van der Waals surface area contributed by atoms with Gasteiger partial charge in [0.15, 0.2) is 0 Å². The molecule has 0 aliphatic carbocycles. The van der Waals surface area contributed by atoms with Crippen molar-refractivity contribution in [1.82, 2.24) is 4.72 Å². The Bertz CT molecular complexity index is 591. The van der Waals surface area contributed by atoms with Gasteiger partial charge in [0.2, 0.25) is 10.0 Å². The molecule has 0 saturated heterocycles. The maximum Gasteiger partial charge on any atom is 0.303 e. The molecule has 0 aliphatic rings. The topological polar surface area (TPSA) is 83.5 Å². The van der Waals surface area contributed by atoms with Crippen LogP contribution in [0.4, 0.5) is 4.39 Å². The summed E-state index contributed by atoms with van der Waals surface area (Å²) < 4.78 is 39.5. The number of halogens is 2. The fourth-order valence-corrected chi connectivity index (χ4v) is 3.42. The quantitative estimate of drug-likeness (QED) is 0.807. The Morgan fingerprint density at radius 1 is 1.50 bits per heavy atom. The van der Waals surface area contributed by atoms with Gasteiger partial charge in [0.05, 0.1) is 5.02 Å². The number of hydrogen-bond acceptors (Lipinski definition) is 3. The molecule has 112 valence electrons. The number of benzene rings is 1. The van der Waals surface area contributed by atoms with E-state index >= 15 is 0 Å². The highest BCUT2D eigenvalue weighted by molar-refractivity contribution is 7.89. The number of nitrogens with one attached hydrogen (secondary N) is 1. The zero-order valence-corrected chi connectivity index (χ0v) is 12.3. The molecule has 0 bridgehead atoms. The van der Waals surface area contributed by atoms with Crippen molar-refractivity contribution in [2.24, 2.45) is 0 Å². The molecule has 5 nitrogen and oxygen atoms in total. The summed E-state index contributed by atoms with van der Waals surface area (Å²) in [6, 6.07) is 2.60. The Morgan fingerprint density at radius 3 is 2.75 bits per heavy atom. The van der Waals surface area contributed by atoms with Crippen LogP contribution in [0.3, 0.4) is 0 Å². The van der Waals surface area contributed by atoms with Crippen LogP contribution < -0.4 is 4.72 Å². The highest BCUT2D eigenvalue weighted by Gasteiger charge is 2.21. The summed E-state index contributed by atoms with van der Waals surface area (Å²) in [7, 11) is -3.93. The van der Waals surface area contributed by atoms with Crippen LogP contribution in [0.25, 0.3) is 0 Å². The van der Waals surface area contributed by atoms with Crippen molar-refractivity contribution in [3.63, 3.8) is 0 Å². The fourth-order valence-electron chi connectivity index (χ4n) is 1.63. The molecule has 2 N–H and O–H groups in total. The van der Waals surface area contributed by atoms with Crippen molar-refractivity contribution in [2.45, 2.75) is 37.1 Å². The van der Waals surface area contributed by atoms with Gasteiger partial charge in [-0.25, -0.2) is 17.5 Å². The molecule has 1 aromatic carbocycles. The number of carboxylic acids is 1. The summed E-state index contributed by atoms with van der Waals surface area (Å²) in [6.45, 7) is 1.60. The van der Waals surface area contributed by atoms with Crippen molar-refractivity contribution < 1.29 is 22.7 Å². The van der Waals surface area contributed by atoms with Crippen LogP contribution in [0.1, 0.15) is 26.2 Å². The second kappa shape index (κ2) is 7.01. The molecule has 0 amide bonds. The van der Waals surface area contributed by atoms with Crippen LogP contribution in [0.15, 0.2) is 23.1 Å². The van der Waals surface area contributed by atoms with E-state index in [1.807, 2.05) is 0 Å². The van der Waals surface area contributed by atoms with Crippen LogP contribution in [-0.2, 0) is 14.8 Å². The lowest BCUT2D eigenvalue weighted by Crippen LogP contribution is -2.32. The number of rotatable bonds is 7. The first-order chi connectivity index (χ1) is 9.22. The summed E-state index contributed by atoms with van der Waals surface area (Å²) in [5, 5.41) is 8.43. The van der Waals surface area contributed by atoms with Gasteiger partial charge in [0.25, 0.3) is 0 Å². The zero-order chi connectivity index (χ0) is 15.3. The summed E-state index contributed by atoms with van der Waals surface area (Å²) in [5.41, 5.74) is 0. The monoisotopic (exact) mass is 323 g/mol. The van der Waals surface area contributed by atoms with E-state index in [1.165, 1.54) is 6.07 Å². The minimum absolute atomic E-state index is 0.0349. The zero-order valence-electron chi connectivity index (χ0n) is 10.8. The lowest BCUT2D eigenvalue weighted by molar-refractivity contribution is -0.137. The van der Waals surface area contributed by atoms with Crippen molar-refractivity contribution in [3.8, 4) is 0 Å². The van der Waals surface area contributed by atoms with Crippen molar-refractivity contribution >= 4 is 27.6 Å². The molecule has 0 heterocycles. The van der Waals surface area contributed by atoms with E-state index in [1.54, 1.807) is 6.92 Å².